The van der Waals surface area contributed by atoms with Crippen molar-refractivity contribution in [3.63, 3.8) is 0 Å². The number of pyridine rings is 2. The number of rotatable bonds is 9. The van der Waals surface area contributed by atoms with Gasteiger partial charge < -0.3 is 10.6 Å². The lowest BCUT2D eigenvalue weighted by Gasteiger charge is -2.26. The van der Waals surface area contributed by atoms with Crippen LogP contribution in [0.1, 0.15) is 0 Å². The van der Waals surface area contributed by atoms with E-state index < -0.39 is 10.0 Å². The zero-order chi connectivity index (χ0) is 26.7. The molecule has 1 fully saturated rings. The topological polar surface area (TPSA) is 143 Å². The molecule has 5 heterocycles. The van der Waals surface area contributed by atoms with Gasteiger partial charge in [0.15, 0.2) is 0 Å². The maximum atomic E-state index is 12.7. The Labute approximate surface area is 229 Å². The number of nitrogens with one attached hydrogen (secondary N) is 3. The van der Waals surface area contributed by atoms with Crippen molar-refractivity contribution in [1.82, 2.24) is 40.2 Å². The van der Waals surface area contributed by atoms with Crippen molar-refractivity contribution in [1.29, 1.82) is 0 Å². The van der Waals surface area contributed by atoms with E-state index in [4.69, 9.17) is 0 Å². The van der Waals surface area contributed by atoms with E-state index in [0.29, 0.717) is 22.2 Å². The van der Waals surface area contributed by atoms with Crippen LogP contribution < -0.4 is 15.4 Å². The Kier molecular flexibility index (Phi) is 7.15. The minimum Gasteiger partial charge on any atom is -0.315 e. The minimum atomic E-state index is -3.85. The third kappa shape index (κ3) is 6.04. The first-order valence-corrected chi connectivity index (χ1v) is 14.7. The Hall–Kier alpha value is -3.98. The van der Waals surface area contributed by atoms with Crippen molar-refractivity contribution >= 4 is 49.0 Å². The van der Waals surface area contributed by atoms with Crippen molar-refractivity contribution in [3.8, 4) is 11.1 Å². The standard InChI is InChI=1S/C25H26N10O2S2/c36-39(37,33-20-4-2-1-3-5-20)25-32-31-24(38-25)30-23-7-6-21-22(29-23)14-18(15-27-21)19-16-28-35(17-19)13-12-34-10-8-26-9-11-34/h1-7,14-17,26,33H,8-13H2,(H,29,30,31). The van der Waals surface area contributed by atoms with Crippen LogP contribution in [0.5, 0.6) is 0 Å². The van der Waals surface area contributed by atoms with Gasteiger partial charge in [0.1, 0.15) is 5.82 Å². The van der Waals surface area contributed by atoms with E-state index in [-0.39, 0.29) is 4.34 Å². The van der Waals surface area contributed by atoms with E-state index in [0.717, 1.165) is 67.2 Å². The van der Waals surface area contributed by atoms with Crippen molar-refractivity contribution in [2.45, 2.75) is 10.9 Å². The third-order valence-corrected chi connectivity index (χ3v) is 8.84. The van der Waals surface area contributed by atoms with E-state index >= 15 is 0 Å². The average Bonchev–Trinajstić information content (AvgIpc) is 3.63. The summed E-state index contributed by atoms with van der Waals surface area (Å²) < 4.78 is 29.7. The van der Waals surface area contributed by atoms with Gasteiger partial charge in [0.05, 0.1) is 23.8 Å². The van der Waals surface area contributed by atoms with Crippen LogP contribution in [0.2, 0.25) is 0 Å². The molecule has 0 bridgehead atoms. The molecule has 0 spiro atoms. The summed E-state index contributed by atoms with van der Waals surface area (Å²) in [5, 5.41) is 19.1. The number of aromatic nitrogens is 6. The molecule has 1 saturated heterocycles. The fourth-order valence-electron chi connectivity index (χ4n) is 4.23. The number of benzene rings is 1. The maximum Gasteiger partial charge on any atom is 0.291 e. The van der Waals surface area contributed by atoms with Crippen molar-refractivity contribution in [3.05, 3.63) is 67.1 Å². The van der Waals surface area contributed by atoms with E-state index in [1.165, 1.54) is 0 Å². The predicted molar refractivity (Wildman–Crippen MR) is 151 cm³/mol. The second-order valence-electron chi connectivity index (χ2n) is 9.01. The van der Waals surface area contributed by atoms with Gasteiger partial charge in [0.2, 0.25) is 5.13 Å². The molecule has 4 aromatic heterocycles. The third-order valence-electron chi connectivity index (χ3n) is 6.26. The van der Waals surface area contributed by atoms with Crippen LogP contribution in [0, 0.1) is 0 Å². The lowest BCUT2D eigenvalue weighted by molar-refractivity contribution is 0.229. The molecule has 14 heteroatoms. The van der Waals surface area contributed by atoms with Crippen LogP contribution in [-0.2, 0) is 16.6 Å². The van der Waals surface area contributed by atoms with Gasteiger partial charge in [-0.15, -0.1) is 10.2 Å². The Bertz CT molecular complexity index is 1680. The van der Waals surface area contributed by atoms with Crippen LogP contribution in [-0.4, -0.2) is 76.0 Å². The molecule has 5 aromatic rings. The van der Waals surface area contributed by atoms with E-state index in [1.54, 1.807) is 30.3 Å². The molecule has 0 atom stereocenters. The summed E-state index contributed by atoms with van der Waals surface area (Å²) in [5.41, 5.74) is 3.76. The average molecular weight is 563 g/mol. The fraction of sp³-hybridized carbons (Fsp3) is 0.240. The SMILES string of the molecule is O=S(=O)(Nc1ccccc1)c1nnc(Nc2ccc3ncc(-c4cnn(CCN5CCNCC5)c4)cc3n2)s1. The van der Waals surface area contributed by atoms with Gasteiger partial charge in [-0.05, 0) is 30.3 Å². The summed E-state index contributed by atoms with van der Waals surface area (Å²) >= 11 is 0.919. The van der Waals surface area contributed by atoms with E-state index in [1.807, 2.05) is 41.5 Å². The molecule has 3 N–H and O–H groups in total. The number of para-hydroxylation sites is 1. The molecule has 0 saturated carbocycles. The summed E-state index contributed by atoms with van der Waals surface area (Å²) in [6.45, 7) is 5.97. The zero-order valence-corrected chi connectivity index (χ0v) is 22.5. The molecule has 0 unspecified atom stereocenters. The zero-order valence-electron chi connectivity index (χ0n) is 20.9. The first-order chi connectivity index (χ1) is 19.0. The Balaban J connectivity index is 1.15. The number of fused-ring (bicyclic) bond motifs is 1. The van der Waals surface area contributed by atoms with Crippen LogP contribution in [0.4, 0.5) is 16.6 Å². The fourth-order valence-corrected chi connectivity index (χ4v) is 6.20. The molecule has 200 valence electrons. The lowest BCUT2D eigenvalue weighted by Crippen LogP contribution is -2.44. The van der Waals surface area contributed by atoms with Gasteiger partial charge in [-0.25, -0.2) is 4.98 Å². The Morgan fingerprint density at radius 1 is 0.949 bits per heavy atom. The Morgan fingerprint density at radius 2 is 1.79 bits per heavy atom. The molecule has 6 rings (SSSR count). The number of hydrogen-bond acceptors (Lipinski definition) is 11. The number of piperazine rings is 1. The second-order valence-corrected chi connectivity index (χ2v) is 11.8. The molecule has 39 heavy (non-hydrogen) atoms. The van der Waals surface area contributed by atoms with Crippen LogP contribution in [0.15, 0.2) is 71.5 Å². The van der Waals surface area contributed by atoms with E-state index in [9.17, 15) is 8.42 Å². The lowest BCUT2D eigenvalue weighted by atomic mass is 10.1. The van der Waals surface area contributed by atoms with Gasteiger partial charge in [0, 0.05) is 61.9 Å². The van der Waals surface area contributed by atoms with Crippen molar-refractivity contribution in [2.75, 3.05) is 42.8 Å². The number of anilines is 3. The van der Waals surface area contributed by atoms with E-state index in [2.05, 4.69) is 45.5 Å². The second kappa shape index (κ2) is 11.0. The summed E-state index contributed by atoms with van der Waals surface area (Å²) in [6.07, 6.45) is 5.69. The molecule has 0 radical (unpaired) electrons. The van der Waals surface area contributed by atoms with Crippen LogP contribution >= 0.6 is 11.3 Å². The molecule has 0 amide bonds. The normalized spacial score (nSPS) is 14.5. The molecule has 12 nitrogen and oxygen atoms in total. The number of nitrogens with zero attached hydrogens (tertiary/aromatic N) is 7. The first kappa shape index (κ1) is 25.3. The van der Waals surface area contributed by atoms with Crippen LogP contribution in [0.25, 0.3) is 22.2 Å². The summed E-state index contributed by atoms with van der Waals surface area (Å²) in [5.74, 6) is 0.504. The Morgan fingerprint density at radius 3 is 2.64 bits per heavy atom. The summed E-state index contributed by atoms with van der Waals surface area (Å²) in [7, 11) is -3.85. The largest absolute Gasteiger partial charge is 0.315 e. The molecular weight excluding hydrogens is 536 g/mol. The highest BCUT2D eigenvalue weighted by atomic mass is 32.2. The van der Waals surface area contributed by atoms with Crippen LogP contribution in [0.3, 0.4) is 0 Å². The highest BCUT2D eigenvalue weighted by molar-refractivity contribution is 7.94. The quantitative estimate of drug-likeness (QED) is 0.245. The molecule has 1 aliphatic heterocycles. The molecular formula is C25H26N10O2S2. The summed E-state index contributed by atoms with van der Waals surface area (Å²) in [4.78, 5) is 11.7. The van der Waals surface area contributed by atoms with Gasteiger partial charge in [-0.2, -0.15) is 13.5 Å². The van der Waals surface area contributed by atoms with Gasteiger partial charge >= 0.3 is 0 Å². The van der Waals surface area contributed by atoms with Crippen molar-refractivity contribution in [2.24, 2.45) is 0 Å². The highest BCUT2D eigenvalue weighted by Gasteiger charge is 2.20. The smallest absolute Gasteiger partial charge is 0.291 e. The maximum absolute atomic E-state index is 12.7. The monoisotopic (exact) mass is 562 g/mol. The van der Waals surface area contributed by atoms with Gasteiger partial charge in [-0.3, -0.25) is 19.3 Å². The van der Waals surface area contributed by atoms with Gasteiger partial charge in [-0.1, -0.05) is 29.5 Å². The minimum absolute atomic E-state index is 0.146. The molecule has 1 aliphatic rings. The highest BCUT2D eigenvalue weighted by Crippen LogP contribution is 2.27. The number of sulfonamides is 1. The molecule has 0 aliphatic carbocycles. The number of hydrogen-bond donors (Lipinski definition) is 3. The summed E-state index contributed by atoms with van der Waals surface area (Å²) in [6, 6.07) is 14.2. The van der Waals surface area contributed by atoms with Crippen molar-refractivity contribution < 1.29 is 8.42 Å². The van der Waals surface area contributed by atoms with Gasteiger partial charge in [0.25, 0.3) is 14.4 Å². The first-order valence-electron chi connectivity index (χ1n) is 12.4. The predicted octanol–water partition coefficient (Wildman–Crippen LogP) is 2.79. The molecule has 1 aromatic carbocycles.